The molecule has 0 saturated carbocycles. The van der Waals surface area contributed by atoms with Crippen LogP contribution in [0.2, 0.25) is 0 Å². The molecule has 1 aliphatic heterocycles. The number of urea groups is 1. The number of nitrogens with zero attached hydrogens (tertiary/aromatic N) is 1. The quantitative estimate of drug-likeness (QED) is 0.819. The second-order valence-electron chi connectivity index (χ2n) is 3.90. The van der Waals surface area contributed by atoms with Gasteiger partial charge in [-0.1, -0.05) is 19.1 Å². The topological polar surface area (TPSA) is 32.3 Å². The summed E-state index contributed by atoms with van der Waals surface area (Å²) in [4.78, 5) is 13.3. The van der Waals surface area contributed by atoms with E-state index in [4.69, 9.17) is 0 Å². The highest BCUT2D eigenvalue weighted by Crippen LogP contribution is 2.21. The molecule has 0 unspecified atom stereocenters. The summed E-state index contributed by atoms with van der Waals surface area (Å²) in [6.07, 6.45) is 1.73. The molecule has 0 bridgehead atoms. The minimum absolute atomic E-state index is 0.203. The third kappa shape index (κ3) is 2.01. The van der Waals surface area contributed by atoms with Crippen molar-refractivity contribution >= 4 is 11.7 Å². The Balaban J connectivity index is 2.15. The average molecular weight is 222 g/mol. The number of amides is 2. The molecule has 1 aliphatic rings. The zero-order chi connectivity index (χ0) is 11.5. The molecule has 0 spiro atoms. The Morgan fingerprint density at radius 1 is 1.50 bits per heavy atom. The van der Waals surface area contributed by atoms with Crippen molar-refractivity contribution < 1.29 is 9.18 Å². The number of nitrogens with one attached hydrogen (secondary N) is 1. The van der Waals surface area contributed by atoms with Gasteiger partial charge in [-0.15, -0.1) is 0 Å². The van der Waals surface area contributed by atoms with Crippen LogP contribution >= 0.6 is 0 Å². The Hall–Kier alpha value is -1.58. The summed E-state index contributed by atoms with van der Waals surface area (Å²) in [6.45, 7) is 3.47. The van der Waals surface area contributed by atoms with E-state index in [1.807, 2.05) is 13.0 Å². The van der Waals surface area contributed by atoms with Crippen LogP contribution in [0.1, 0.15) is 18.9 Å². The van der Waals surface area contributed by atoms with Crippen LogP contribution < -0.4 is 5.32 Å². The predicted octanol–water partition coefficient (Wildman–Crippen LogP) is 2.63. The van der Waals surface area contributed by atoms with Gasteiger partial charge >= 0.3 is 6.03 Å². The van der Waals surface area contributed by atoms with Gasteiger partial charge in [0.2, 0.25) is 0 Å². The van der Waals surface area contributed by atoms with Crippen molar-refractivity contribution in [1.29, 1.82) is 0 Å². The molecule has 0 radical (unpaired) electrons. The van der Waals surface area contributed by atoms with Gasteiger partial charge in [-0.3, -0.25) is 0 Å². The Kier molecular flexibility index (Phi) is 3.08. The van der Waals surface area contributed by atoms with E-state index in [1.54, 1.807) is 11.0 Å². The van der Waals surface area contributed by atoms with E-state index in [-0.39, 0.29) is 11.8 Å². The minimum Gasteiger partial charge on any atom is -0.324 e. The molecule has 2 amide bonds. The maximum absolute atomic E-state index is 13.5. The van der Waals surface area contributed by atoms with Crippen LogP contribution in [0.25, 0.3) is 0 Å². The fourth-order valence-corrected chi connectivity index (χ4v) is 1.71. The molecular formula is C12H15FN2O. The number of hydrogen-bond donors (Lipinski definition) is 1. The fraction of sp³-hybridized carbons (Fsp3) is 0.417. The summed E-state index contributed by atoms with van der Waals surface area (Å²) in [5.41, 5.74) is 1.15. The molecule has 16 heavy (non-hydrogen) atoms. The molecule has 1 aromatic carbocycles. The second-order valence-corrected chi connectivity index (χ2v) is 3.90. The van der Waals surface area contributed by atoms with Crippen LogP contribution in [0, 0.1) is 5.82 Å². The summed E-state index contributed by atoms with van der Waals surface area (Å²) in [6, 6.07) is 4.65. The summed E-state index contributed by atoms with van der Waals surface area (Å²) < 4.78 is 13.5. The van der Waals surface area contributed by atoms with Crippen molar-refractivity contribution in [2.24, 2.45) is 0 Å². The third-order valence-corrected chi connectivity index (χ3v) is 2.86. The molecule has 1 saturated heterocycles. The number of hydrogen-bond acceptors (Lipinski definition) is 1. The monoisotopic (exact) mass is 222 g/mol. The summed E-state index contributed by atoms with van der Waals surface area (Å²) >= 11 is 0. The lowest BCUT2D eigenvalue weighted by atomic mass is 10.1. The molecule has 1 fully saturated rings. The Morgan fingerprint density at radius 2 is 2.25 bits per heavy atom. The molecule has 0 atom stereocenters. The van der Waals surface area contributed by atoms with E-state index >= 15 is 0 Å². The van der Waals surface area contributed by atoms with Gasteiger partial charge < -0.3 is 10.2 Å². The lowest BCUT2D eigenvalue weighted by molar-refractivity contribution is 0.181. The van der Waals surface area contributed by atoms with Crippen molar-refractivity contribution in [3.05, 3.63) is 29.6 Å². The van der Waals surface area contributed by atoms with Gasteiger partial charge in [0.05, 0.1) is 5.69 Å². The molecular weight excluding hydrogens is 207 g/mol. The molecule has 1 heterocycles. The molecule has 2 rings (SSSR count). The van der Waals surface area contributed by atoms with E-state index in [9.17, 15) is 9.18 Å². The van der Waals surface area contributed by atoms with Gasteiger partial charge in [0.15, 0.2) is 0 Å². The number of para-hydroxylation sites is 1. The van der Waals surface area contributed by atoms with Crippen LogP contribution in [-0.2, 0) is 6.42 Å². The van der Waals surface area contributed by atoms with E-state index in [0.29, 0.717) is 12.1 Å². The number of likely N-dealkylation sites (tertiary alicyclic amines) is 1. The lowest BCUT2D eigenvalue weighted by Crippen LogP contribution is -2.44. The number of carbonyl (C=O) groups excluding carboxylic acids is 1. The summed E-state index contributed by atoms with van der Waals surface area (Å²) in [5, 5.41) is 2.64. The maximum Gasteiger partial charge on any atom is 0.321 e. The van der Waals surface area contributed by atoms with Crippen molar-refractivity contribution in [3.63, 3.8) is 0 Å². The zero-order valence-corrected chi connectivity index (χ0v) is 9.29. The largest absolute Gasteiger partial charge is 0.324 e. The molecule has 86 valence electrons. The first-order valence-corrected chi connectivity index (χ1v) is 5.55. The molecule has 0 aliphatic carbocycles. The first-order valence-electron chi connectivity index (χ1n) is 5.55. The SMILES string of the molecule is CCc1cccc(F)c1NC(=O)N1CCC1. The fourth-order valence-electron chi connectivity index (χ4n) is 1.71. The maximum atomic E-state index is 13.5. The molecule has 1 aromatic rings. The van der Waals surface area contributed by atoms with E-state index < -0.39 is 0 Å². The Labute approximate surface area is 94.3 Å². The predicted molar refractivity (Wildman–Crippen MR) is 61.0 cm³/mol. The standard InChI is InChI=1S/C12H15FN2O/c1-2-9-5-3-6-10(13)11(9)14-12(16)15-7-4-8-15/h3,5-6H,2,4,7-8H2,1H3,(H,14,16). The normalized spacial score (nSPS) is 14.5. The van der Waals surface area contributed by atoms with Gasteiger partial charge in [-0.2, -0.15) is 0 Å². The molecule has 1 N–H and O–H groups in total. The minimum atomic E-state index is -0.367. The van der Waals surface area contributed by atoms with E-state index in [1.165, 1.54) is 6.07 Å². The van der Waals surface area contributed by atoms with Crippen LogP contribution in [0.5, 0.6) is 0 Å². The van der Waals surface area contributed by atoms with Crippen LogP contribution in [-0.4, -0.2) is 24.0 Å². The van der Waals surface area contributed by atoms with Gasteiger partial charge in [-0.25, -0.2) is 9.18 Å². The summed E-state index contributed by atoms with van der Waals surface area (Å²) in [5.74, 6) is -0.367. The van der Waals surface area contributed by atoms with Gasteiger partial charge in [0.25, 0.3) is 0 Å². The Bertz CT molecular complexity index is 402. The highest BCUT2D eigenvalue weighted by atomic mass is 19.1. The van der Waals surface area contributed by atoms with Crippen molar-refractivity contribution in [3.8, 4) is 0 Å². The van der Waals surface area contributed by atoms with Crippen LogP contribution in [0.3, 0.4) is 0 Å². The highest BCUT2D eigenvalue weighted by molar-refractivity contribution is 5.90. The van der Waals surface area contributed by atoms with Crippen molar-refractivity contribution in [1.82, 2.24) is 4.90 Å². The number of anilines is 1. The van der Waals surface area contributed by atoms with Crippen molar-refractivity contribution in [2.45, 2.75) is 19.8 Å². The molecule has 3 nitrogen and oxygen atoms in total. The van der Waals surface area contributed by atoms with Gasteiger partial charge in [0, 0.05) is 13.1 Å². The number of aryl methyl sites for hydroxylation is 1. The van der Waals surface area contributed by atoms with Crippen LogP contribution in [0.15, 0.2) is 18.2 Å². The number of halogens is 1. The lowest BCUT2D eigenvalue weighted by Gasteiger charge is -2.31. The molecule has 4 heteroatoms. The Morgan fingerprint density at radius 3 is 2.81 bits per heavy atom. The van der Waals surface area contributed by atoms with E-state index in [0.717, 1.165) is 25.1 Å². The molecule has 0 aromatic heterocycles. The average Bonchev–Trinajstić information content (AvgIpc) is 2.18. The number of benzene rings is 1. The second kappa shape index (κ2) is 4.51. The summed E-state index contributed by atoms with van der Waals surface area (Å²) in [7, 11) is 0. The highest BCUT2D eigenvalue weighted by Gasteiger charge is 2.21. The smallest absolute Gasteiger partial charge is 0.321 e. The third-order valence-electron chi connectivity index (χ3n) is 2.86. The zero-order valence-electron chi connectivity index (χ0n) is 9.29. The number of rotatable bonds is 2. The first kappa shape index (κ1) is 10.9. The van der Waals surface area contributed by atoms with E-state index in [2.05, 4.69) is 5.32 Å². The number of carbonyl (C=O) groups is 1. The first-order chi connectivity index (χ1) is 7.72. The van der Waals surface area contributed by atoms with Gasteiger partial charge in [-0.05, 0) is 24.5 Å². The van der Waals surface area contributed by atoms with Crippen LogP contribution in [0.4, 0.5) is 14.9 Å². The van der Waals surface area contributed by atoms with Crippen molar-refractivity contribution in [2.75, 3.05) is 18.4 Å². The van der Waals surface area contributed by atoms with Gasteiger partial charge in [0.1, 0.15) is 5.82 Å².